The Morgan fingerprint density at radius 2 is 1.00 bits per heavy atom. The van der Waals surface area contributed by atoms with Gasteiger partial charge in [-0.2, -0.15) is 23.5 Å². The van der Waals surface area contributed by atoms with E-state index in [1.54, 1.807) is 0 Å². The second-order valence-corrected chi connectivity index (χ2v) is 5.67. The van der Waals surface area contributed by atoms with Crippen LogP contribution in [0, 0.1) is 0 Å². The molecule has 0 aromatic heterocycles. The Balaban J connectivity index is 2.78. The zero-order valence-corrected chi connectivity index (χ0v) is 10.7. The molecule has 0 amide bonds. The van der Waals surface area contributed by atoms with Gasteiger partial charge in [-0.3, -0.25) is 0 Å². The largest absolute Gasteiger partial charge is 0.330 e. The zero-order chi connectivity index (χ0) is 10.5. The van der Waals surface area contributed by atoms with Crippen molar-refractivity contribution in [2.75, 3.05) is 36.1 Å². The summed E-state index contributed by atoms with van der Waals surface area (Å²) in [5.74, 6) is 5.14. The van der Waals surface area contributed by atoms with Gasteiger partial charge in [0.2, 0.25) is 0 Å². The molecule has 0 fully saturated rings. The van der Waals surface area contributed by atoms with Crippen molar-refractivity contribution in [2.24, 2.45) is 11.5 Å². The fourth-order valence-corrected chi connectivity index (χ4v) is 3.19. The topological polar surface area (TPSA) is 52.0 Å². The highest BCUT2D eigenvalue weighted by atomic mass is 32.2. The summed E-state index contributed by atoms with van der Waals surface area (Å²) in [5.41, 5.74) is 10.8. The minimum Gasteiger partial charge on any atom is -0.330 e. The van der Waals surface area contributed by atoms with E-state index in [4.69, 9.17) is 11.5 Å². The van der Waals surface area contributed by atoms with Gasteiger partial charge in [-0.05, 0) is 50.3 Å². The summed E-state index contributed by atoms with van der Waals surface area (Å²) in [4.78, 5) is 0. The summed E-state index contributed by atoms with van der Waals surface area (Å²) < 4.78 is 0. The molecule has 86 valence electrons. The van der Waals surface area contributed by atoms with Crippen molar-refractivity contribution < 1.29 is 0 Å². The first-order chi connectivity index (χ1) is 6.91. The molecule has 0 aliphatic carbocycles. The van der Waals surface area contributed by atoms with Gasteiger partial charge in [0, 0.05) is 11.5 Å². The Morgan fingerprint density at radius 1 is 0.571 bits per heavy atom. The van der Waals surface area contributed by atoms with Crippen molar-refractivity contribution in [1.29, 1.82) is 0 Å². The van der Waals surface area contributed by atoms with E-state index in [0.29, 0.717) is 0 Å². The van der Waals surface area contributed by atoms with Gasteiger partial charge in [-0.25, -0.2) is 0 Å². The molecule has 0 aliphatic heterocycles. The summed E-state index contributed by atoms with van der Waals surface area (Å²) in [6.45, 7) is 1.68. The summed E-state index contributed by atoms with van der Waals surface area (Å²) in [5, 5.41) is 0. The maximum atomic E-state index is 5.41. The van der Waals surface area contributed by atoms with E-state index in [1.165, 1.54) is 48.7 Å². The second-order valence-electron chi connectivity index (χ2n) is 3.22. The standard InChI is InChI=1S/C10H24N2S2/c11-5-1-3-7-13-9-10-14-8-4-2-6-12/h1-12H2. The molecule has 0 aliphatic rings. The molecule has 0 unspecified atom stereocenters. The zero-order valence-electron chi connectivity index (χ0n) is 9.04. The van der Waals surface area contributed by atoms with E-state index in [2.05, 4.69) is 23.5 Å². The first-order valence-electron chi connectivity index (χ1n) is 5.47. The highest BCUT2D eigenvalue weighted by Gasteiger charge is 1.91. The van der Waals surface area contributed by atoms with Gasteiger partial charge in [0.05, 0.1) is 0 Å². The van der Waals surface area contributed by atoms with E-state index in [1.807, 2.05) is 0 Å². The maximum Gasteiger partial charge on any atom is 0.00235 e. The number of unbranched alkanes of at least 4 members (excludes halogenated alkanes) is 2. The molecular weight excluding hydrogens is 212 g/mol. The third-order valence-electron chi connectivity index (χ3n) is 1.86. The van der Waals surface area contributed by atoms with Crippen molar-refractivity contribution in [1.82, 2.24) is 0 Å². The highest BCUT2D eigenvalue weighted by molar-refractivity contribution is 8.02. The Kier molecular flexibility index (Phi) is 14.2. The molecule has 0 saturated carbocycles. The monoisotopic (exact) mass is 236 g/mol. The molecule has 4 N–H and O–H groups in total. The molecule has 0 heterocycles. The quantitative estimate of drug-likeness (QED) is 0.538. The third-order valence-corrected chi connectivity index (χ3v) is 4.26. The predicted molar refractivity (Wildman–Crippen MR) is 71.2 cm³/mol. The minimum absolute atomic E-state index is 0.842. The predicted octanol–water partition coefficient (Wildman–Crippen LogP) is 1.93. The number of nitrogens with two attached hydrogens (primary N) is 2. The van der Waals surface area contributed by atoms with E-state index in [-0.39, 0.29) is 0 Å². The molecule has 0 rings (SSSR count). The third kappa shape index (κ3) is 12.6. The molecule has 0 spiro atoms. The summed E-state index contributed by atoms with van der Waals surface area (Å²) in [7, 11) is 0. The molecule has 0 radical (unpaired) electrons. The van der Waals surface area contributed by atoms with Gasteiger partial charge >= 0.3 is 0 Å². The van der Waals surface area contributed by atoms with Crippen molar-refractivity contribution in [3.05, 3.63) is 0 Å². The van der Waals surface area contributed by atoms with Crippen LogP contribution in [0.5, 0.6) is 0 Å². The average Bonchev–Trinajstić information content (AvgIpc) is 2.21. The van der Waals surface area contributed by atoms with Gasteiger partial charge in [0.15, 0.2) is 0 Å². The summed E-state index contributed by atoms with van der Waals surface area (Å²) in [6, 6.07) is 0. The molecule has 4 heteroatoms. The molecule has 0 aromatic rings. The lowest BCUT2D eigenvalue weighted by molar-refractivity contribution is 0.814. The Bertz CT molecular complexity index is 90.1. The van der Waals surface area contributed by atoms with Crippen molar-refractivity contribution in [3.63, 3.8) is 0 Å². The van der Waals surface area contributed by atoms with Crippen LogP contribution >= 0.6 is 23.5 Å². The van der Waals surface area contributed by atoms with Gasteiger partial charge in [0.1, 0.15) is 0 Å². The number of rotatable bonds is 11. The van der Waals surface area contributed by atoms with Crippen LogP contribution in [0.3, 0.4) is 0 Å². The normalized spacial score (nSPS) is 10.7. The lowest BCUT2D eigenvalue weighted by atomic mass is 10.3. The van der Waals surface area contributed by atoms with Crippen LogP contribution in [-0.4, -0.2) is 36.1 Å². The van der Waals surface area contributed by atoms with Crippen LogP contribution in [0.4, 0.5) is 0 Å². The highest BCUT2D eigenvalue weighted by Crippen LogP contribution is 2.10. The van der Waals surface area contributed by atoms with E-state index in [0.717, 1.165) is 13.1 Å². The van der Waals surface area contributed by atoms with Crippen LogP contribution in [0.2, 0.25) is 0 Å². The lowest BCUT2D eigenvalue weighted by Gasteiger charge is -2.01. The second kappa shape index (κ2) is 13.6. The van der Waals surface area contributed by atoms with E-state index < -0.39 is 0 Å². The lowest BCUT2D eigenvalue weighted by Crippen LogP contribution is -1.99. The van der Waals surface area contributed by atoms with Crippen molar-refractivity contribution in [3.8, 4) is 0 Å². The molecule has 0 atom stereocenters. The first kappa shape index (κ1) is 14.6. The van der Waals surface area contributed by atoms with Crippen LogP contribution < -0.4 is 11.5 Å². The SMILES string of the molecule is NCCCCSCCSCCCCN. The Hall–Kier alpha value is 0.620. The minimum atomic E-state index is 0.842. The van der Waals surface area contributed by atoms with Crippen LogP contribution in [-0.2, 0) is 0 Å². The summed E-state index contributed by atoms with van der Waals surface area (Å²) >= 11 is 4.11. The van der Waals surface area contributed by atoms with Crippen LogP contribution in [0.1, 0.15) is 25.7 Å². The Labute approximate surface area is 96.9 Å². The van der Waals surface area contributed by atoms with Gasteiger partial charge in [-0.1, -0.05) is 0 Å². The number of hydrogen-bond acceptors (Lipinski definition) is 4. The molecule has 0 aromatic carbocycles. The molecule has 0 bridgehead atoms. The molecule has 2 nitrogen and oxygen atoms in total. The van der Waals surface area contributed by atoms with E-state index >= 15 is 0 Å². The van der Waals surface area contributed by atoms with Crippen LogP contribution in [0.15, 0.2) is 0 Å². The molecular formula is C10H24N2S2. The Morgan fingerprint density at radius 3 is 1.36 bits per heavy atom. The summed E-state index contributed by atoms with van der Waals surface area (Å²) in [6.07, 6.45) is 4.91. The van der Waals surface area contributed by atoms with Crippen molar-refractivity contribution >= 4 is 23.5 Å². The number of hydrogen-bond donors (Lipinski definition) is 2. The van der Waals surface area contributed by atoms with Gasteiger partial charge < -0.3 is 11.5 Å². The first-order valence-corrected chi connectivity index (χ1v) is 7.78. The fraction of sp³-hybridized carbons (Fsp3) is 1.00. The molecule has 14 heavy (non-hydrogen) atoms. The van der Waals surface area contributed by atoms with Crippen LogP contribution in [0.25, 0.3) is 0 Å². The average molecular weight is 236 g/mol. The molecule has 0 saturated heterocycles. The van der Waals surface area contributed by atoms with E-state index in [9.17, 15) is 0 Å². The van der Waals surface area contributed by atoms with Gasteiger partial charge in [0.25, 0.3) is 0 Å². The maximum absolute atomic E-state index is 5.41. The van der Waals surface area contributed by atoms with Crippen molar-refractivity contribution in [2.45, 2.75) is 25.7 Å². The smallest absolute Gasteiger partial charge is 0.00235 e. The fourth-order valence-electron chi connectivity index (χ4n) is 1.02. The van der Waals surface area contributed by atoms with Gasteiger partial charge in [-0.15, -0.1) is 0 Å². The number of thioether (sulfide) groups is 2.